The fraction of sp³-hybridized carbons (Fsp3) is 0.188. The van der Waals surface area contributed by atoms with Crippen molar-refractivity contribution in [2.45, 2.75) is 13.8 Å². The summed E-state index contributed by atoms with van der Waals surface area (Å²) in [7, 11) is 1.64. The molecule has 19 heavy (non-hydrogen) atoms. The van der Waals surface area contributed by atoms with E-state index in [1.165, 1.54) is 0 Å². The molecule has 98 valence electrons. The molecular formula is C16H16O3. The summed E-state index contributed by atoms with van der Waals surface area (Å²) in [5.41, 5.74) is 2.08. The van der Waals surface area contributed by atoms with Crippen LogP contribution in [0.5, 0.6) is 5.75 Å². The Morgan fingerprint density at radius 1 is 1.05 bits per heavy atom. The fourth-order valence-corrected chi connectivity index (χ4v) is 1.96. The molecule has 2 aromatic carbocycles. The predicted octanol–water partition coefficient (Wildman–Crippen LogP) is 3.73. The minimum absolute atomic E-state index is 0.368. The largest absolute Gasteiger partial charge is 0.497 e. The Bertz CT molecular complexity index is 669. The van der Waals surface area contributed by atoms with Crippen LogP contribution in [-0.4, -0.2) is 18.2 Å². The number of ether oxygens (including phenoxy) is 1. The van der Waals surface area contributed by atoms with Crippen molar-refractivity contribution < 1.29 is 14.6 Å². The molecule has 0 unspecified atom stereocenters. The molecule has 0 amide bonds. The molecule has 0 fully saturated rings. The summed E-state index contributed by atoms with van der Waals surface area (Å²) in [6.45, 7) is 3.45. The Kier molecular flexibility index (Phi) is 3.56. The Labute approximate surface area is 112 Å². The summed E-state index contributed by atoms with van der Waals surface area (Å²) in [6.07, 6.45) is 0. The van der Waals surface area contributed by atoms with E-state index in [1.807, 2.05) is 43.3 Å². The lowest BCUT2D eigenvalue weighted by Gasteiger charge is -2.07. The van der Waals surface area contributed by atoms with Gasteiger partial charge >= 0.3 is 5.97 Å². The van der Waals surface area contributed by atoms with Crippen molar-refractivity contribution >= 4 is 22.3 Å². The van der Waals surface area contributed by atoms with Crippen molar-refractivity contribution in [3.05, 3.63) is 47.5 Å². The normalized spacial score (nSPS) is 12.2. The van der Waals surface area contributed by atoms with Gasteiger partial charge in [0.1, 0.15) is 5.75 Å². The highest BCUT2D eigenvalue weighted by molar-refractivity contribution is 5.97. The molecule has 0 aromatic heterocycles. The molecule has 0 radical (unpaired) electrons. The fourth-order valence-electron chi connectivity index (χ4n) is 1.96. The molecule has 2 rings (SSSR count). The minimum atomic E-state index is -0.882. The number of carboxylic acids is 1. The number of rotatable bonds is 3. The summed E-state index contributed by atoms with van der Waals surface area (Å²) in [4.78, 5) is 11.0. The van der Waals surface area contributed by atoms with Crippen LogP contribution in [0.25, 0.3) is 16.3 Å². The quantitative estimate of drug-likeness (QED) is 0.851. The van der Waals surface area contributed by atoms with E-state index in [0.29, 0.717) is 5.57 Å². The first-order chi connectivity index (χ1) is 9.02. The van der Waals surface area contributed by atoms with Crippen LogP contribution in [0.1, 0.15) is 19.4 Å². The zero-order valence-corrected chi connectivity index (χ0v) is 11.2. The maximum absolute atomic E-state index is 11.0. The maximum Gasteiger partial charge on any atom is 0.331 e. The number of carbonyl (C=O) groups is 1. The lowest BCUT2D eigenvalue weighted by Crippen LogP contribution is -1.99. The summed E-state index contributed by atoms with van der Waals surface area (Å²) in [5, 5.41) is 11.2. The van der Waals surface area contributed by atoms with Crippen LogP contribution >= 0.6 is 0 Å². The topological polar surface area (TPSA) is 46.5 Å². The predicted molar refractivity (Wildman–Crippen MR) is 76.4 cm³/mol. The van der Waals surface area contributed by atoms with Crippen molar-refractivity contribution in [1.29, 1.82) is 0 Å². The van der Waals surface area contributed by atoms with Crippen molar-refractivity contribution in [2.24, 2.45) is 0 Å². The van der Waals surface area contributed by atoms with Crippen LogP contribution in [0.4, 0.5) is 0 Å². The van der Waals surface area contributed by atoms with Crippen molar-refractivity contribution in [2.75, 3.05) is 7.11 Å². The van der Waals surface area contributed by atoms with E-state index >= 15 is 0 Å². The van der Waals surface area contributed by atoms with Crippen molar-refractivity contribution in [1.82, 2.24) is 0 Å². The summed E-state index contributed by atoms with van der Waals surface area (Å²) < 4.78 is 5.18. The number of hydrogen-bond acceptors (Lipinski definition) is 2. The van der Waals surface area contributed by atoms with Gasteiger partial charge in [-0.15, -0.1) is 0 Å². The zero-order chi connectivity index (χ0) is 14.0. The molecule has 3 nitrogen and oxygen atoms in total. The Morgan fingerprint density at radius 2 is 1.68 bits per heavy atom. The van der Waals surface area contributed by atoms with Crippen LogP contribution in [0.3, 0.4) is 0 Å². The van der Waals surface area contributed by atoms with Gasteiger partial charge in [0.05, 0.1) is 7.11 Å². The van der Waals surface area contributed by atoms with Gasteiger partial charge < -0.3 is 9.84 Å². The lowest BCUT2D eigenvalue weighted by atomic mass is 9.99. The van der Waals surface area contributed by atoms with Crippen LogP contribution in [0, 0.1) is 0 Å². The minimum Gasteiger partial charge on any atom is -0.497 e. The maximum atomic E-state index is 11.0. The van der Waals surface area contributed by atoms with Crippen LogP contribution < -0.4 is 4.74 Å². The van der Waals surface area contributed by atoms with Crippen molar-refractivity contribution in [3.63, 3.8) is 0 Å². The molecule has 0 bridgehead atoms. The molecule has 2 aromatic rings. The average Bonchev–Trinajstić information content (AvgIpc) is 2.44. The van der Waals surface area contributed by atoms with Crippen molar-refractivity contribution in [3.8, 4) is 5.75 Å². The summed E-state index contributed by atoms with van der Waals surface area (Å²) >= 11 is 0. The van der Waals surface area contributed by atoms with Crippen LogP contribution in [0.15, 0.2) is 42.0 Å². The molecule has 0 heterocycles. The van der Waals surface area contributed by atoms with Gasteiger partial charge in [-0.3, -0.25) is 0 Å². The zero-order valence-electron chi connectivity index (χ0n) is 11.2. The highest BCUT2D eigenvalue weighted by atomic mass is 16.5. The second kappa shape index (κ2) is 5.14. The molecule has 0 saturated carbocycles. The second-order valence-corrected chi connectivity index (χ2v) is 4.48. The van der Waals surface area contributed by atoms with Gasteiger partial charge in [0.25, 0.3) is 0 Å². The third-order valence-corrected chi connectivity index (χ3v) is 3.36. The Morgan fingerprint density at radius 3 is 2.32 bits per heavy atom. The number of benzene rings is 2. The molecule has 3 heteroatoms. The Hall–Kier alpha value is -2.29. The highest BCUT2D eigenvalue weighted by Gasteiger charge is 2.08. The van der Waals surface area contributed by atoms with Gasteiger partial charge in [-0.2, -0.15) is 0 Å². The average molecular weight is 256 g/mol. The van der Waals surface area contributed by atoms with Crippen LogP contribution in [0.2, 0.25) is 0 Å². The first-order valence-electron chi connectivity index (χ1n) is 6.02. The molecule has 0 saturated heterocycles. The Balaban J connectivity index is 2.54. The molecule has 0 aliphatic carbocycles. The smallest absolute Gasteiger partial charge is 0.331 e. The first-order valence-corrected chi connectivity index (χ1v) is 6.02. The van der Waals surface area contributed by atoms with Gasteiger partial charge in [0.2, 0.25) is 0 Å². The number of methoxy groups -OCH3 is 1. The van der Waals surface area contributed by atoms with Gasteiger partial charge in [-0.05, 0) is 54.0 Å². The highest BCUT2D eigenvalue weighted by Crippen LogP contribution is 2.26. The van der Waals surface area contributed by atoms with Gasteiger partial charge in [-0.1, -0.05) is 18.2 Å². The van der Waals surface area contributed by atoms with Gasteiger partial charge in [-0.25, -0.2) is 4.79 Å². The van der Waals surface area contributed by atoms with E-state index in [2.05, 4.69) is 0 Å². The number of aliphatic carboxylic acids is 1. The molecule has 1 N–H and O–H groups in total. The second-order valence-electron chi connectivity index (χ2n) is 4.48. The van der Waals surface area contributed by atoms with Gasteiger partial charge in [0.15, 0.2) is 0 Å². The third-order valence-electron chi connectivity index (χ3n) is 3.36. The van der Waals surface area contributed by atoms with E-state index in [9.17, 15) is 4.79 Å². The molecule has 0 spiro atoms. The molecule has 0 atom stereocenters. The monoisotopic (exact) mass is 256 g/mol. The SMILES string of the molecule is COc1ccc2cc(C(C)=C(C)C(=O)O)ccc2c1. The third kappa shape index (κ3) is 2.60. The standard InChI is InChI=1S/C16H16O3/c1-10(11(2)16(17)18)12-4-5-14-9-15(19-3)7-6-13(14)8-12/h4-9H,1-3H3,(H,17,18). The number of carboxylic acid groups (broad SMARTS) is 1. The van der Waals surface area contributed by atoms with Crippen LogP contribution in [-0.2, 0) is 4.79 Å². The first kappa shape index (κ1) is 13.1. The number of hydrogen-bond donors (Lipinski definition) is 1. The lowest BCUT2D eigenvalue weighted by molar-refractivity contribution is -0.132. The number of fused-ring (bicyclic) bond motifs is 1. The molecule has 0 aliphatic heterocycles. The van der Waals surface area contributed by atoms with E-state index in [-0.39, 0.29) is 0 Å². The molecule has 0 aliphatic rings. The summed E-state index contributed by atoms with van der Waals surface area (Å²) in [6, 6.07) is 11.7. The number of allylic oxidation sites excluding steroid dienone is 1. The van der Waals surface area contributed by atoms with Gasteiger partial charge in [0, 0.05) is 5.57 Å². The van der Waals surface area contributed by atoms with E-state index in [0.717, 1.165) is 27.7 Å². The van der Waals surface area contributed by atoms with E-state index in [1.54, 1.807) is 14.0 Å². The van der Waals surface area contributed by atoms with E-state index < -0.39 is 5.97 Å². The summed E-state index contributed by atoms with van der Waals surface area (Å²) in [5.74, 6) is -0.0680. The van der Waals surface area contributed by atoms with E-state index in [4.69, 9.17) is 9.84 Å². The molecular weight excluding hydrogens is 240 g/mol.